The maximum Gasteiger partial charge on any atom is 0.352 e. The van der Waals surface area contributed by atoms with Crippen LogP contribution in [0.15, 0.2) is 33.5 Å². The summed E-state index contributed by atoms with van der Waals surface area (Å²) in [5.74, 6) is -2.72. The van der Waals surface area contributed by atoms with Gasteiger partial charge in [-0.2, -0.15) is 0 Å². The summed E-state index contributed by atoms with van der Waals surface area (Å²) in [7, 11) is 2.64. The number of nitrogens with one attached hydrogen (secondary N) is 1. The summed E-state index contributed by atoms with van der Waals surface area (Å²) < 4.78 is 0. The highest BCUT2D eigenvalue weighted by molar-refractivity contribution is 8.00. The highest BCUT2D eigenvalue weighted by Crippen LogP contribution is 2.41. The zero-order chi connectivity index (χ0) is 24.6. The fourth-order valence-electron chi connectivity index (χ4n) is 3.76. The number of nitrogen functional groups attached to an aromatic ring is 1. The van der Waals surface area contributed by atoms with Crippen molar-refractivity contribution in [3.63, 3.8) is 0 Å². The first-order chi connectivity index (χ1) is 16.3. The van der Waals surface area contributed by atoms with Gasteiger partial charge in [0.25, 0.3) is 17.7 Å². The molecule has 4 N–H and O–H groups in total. The minimum absolute atomic E-state index is 0.163. The minimum atomic E-state index is -1.30. The number of carboxylic acid groups (broad SMARTS) is 1. The Morgan fingerprint density at radius 1 is 1.38 bits per heavy atom. The fourth-order valence-corrected chi connectivity index (χ4v) is 5.62. The van der Waals surface area contributed by atoms with Crippen LogP contribution in [0.25, 0.3) is 0 Å². The van der Waals surface area contributed by atoms with Crippen LogP contribution in [-0.4, -0.2) is 87.4 Å². The van der Waals surface area contributed by atoms with Gasteiger partial charge in [0.05, 0.1) is 13.7 Å². The fraction of sp³-hybridized carbons (Fsp3) is 0.368. The van der Waals surface area contributed by atoms with Crippen LogP contribution in [0.5, 0.6) is 0 Å². The Kier molecular flexibility index (Phi) is 6.58. The number of amides is 3. The number of hydrogen-bond donors (Lipinski definition) is 3. The molecule has 15 heteroatoms. The number of hydrogen-bond acceptors (Lipinski definition) is 11. The van der Waals surface area contributed by atoms with Gasteiger partial charge >= 0.3 is 5.97 Å². The molecule has 2 atom stereocenters. The topological polar surface area (TPSA) is 177 Å². The van der Waals surface area contributed by atoms with E-state index in [1.165, 1.54) is 42.5 Å². The summed E-state index contributed by atoms with van der Waals surface area (Å²) in [4.78, 5) is 64.9. The number of nitrogens with zero attached hydrogens (tertiary/aromatic N) is 4. The number of rotatable bonds is 7. The molecule has 0 bridgehead atoms. The lowest BCUT2D eigenvalue weighted by molar-refractivity contribution is -0.164. The third kappa shape index (κ3) is 4.12. The molecule has 0 saturated carbocycles. The Morgan fingerprint density at radius 2 is 2.15 bits per heavy atom. The molecule has 0 aliphatic carbocycles. The number of anilines is 1. The Bertz CT molecular complexity index is 1160. The minimum Gasteiger partial charge on any atom is -0.477 e. The van der Waals surface area contributed by atoms with Gasteiger partial charge in [-0.05, 0) is 18.1 Å². The molecule has 34 heavy (non-hydrogen) atoms. The third-order valence-electron chi connectivity index (χ3n) is 5.30. The van der Waals surface area contributed by atoms with Crippen molar-refractivity contribution in [2.24, 2.45) is 5.16 Å². The number of thiazole rings is 1. The number of aromatic nitrogens is 1. The predicted octanol–water partition coefficient (Wildman–Crippen LogP) is -0.465. The van der Waals surface area contributed by atoms with Crippen molar-refractivity contribution in [3.8, 4) is 0 Å². The van der Waals surface area contributed by atoms with E-state index in [0.29, 0.717) is 24.1 Å². The van der Waals surface area contributed by atoms with Crippen molar-refractivity contribution in [3.05, 3.63) is 34.0 Å². The van der Waals surface area contributed by atoms with Gasteiger partial charge in [-0.1, -0.05) is 5.16 Å². The van der Waals surface area contributed by atoms with E-state index in [9.17, 15) is 24.3 Å². The maximum absolute atomic E-state index is 12.9. The molecule has 3 aliphatic rings. The first-order valence-corrected chi connectivity index (χ1v) is 11.8. The number of fused-ring (bicyclic) bond motifs is 1. The van der Waals surface area contributed by atoms with E-state index in [1.54, 1.807) is 0 Å². The summed E-state index contributed by atoms with van der Waals surface area (Å²) >= 11 is 2.39. The molecule has 4 heterocycles. The number of allylic oxidation sites excluding steroid dienone is 1. The van der Waals surface area contributed by atoms with Crippen molar-refractivity contribution < 1.29 is 34.0 Å². The van der Waals surface area contributed by atoms with Crippen molar-refractivity contribution in [2.75, 3.05) is 32.3 Å². The highest BCUT2D eigenvalue weighted by atomic mass is 32.2. The van der Waals surface area contributed by atoms with Gasteiger partial charge in [-0.25, -0.2) is 14.8 Å². The Balaban J connectivity index is 1.55. The monoisotopic (exact) mass is 508 g/mol. The van der Waals surface area contributed by atoms with Crippen LogP contribution in [0, 0.1) is 0 Å². The number of oxime groups is 1. The second-order valence-corrected chi connectivity index (χ2v) is 9.24. The van der Waals surface area contributed by atoms with Crippen LogP contribution >= 0.6 is 23.1 Å². The van der Waals surface area contributed by atoms with E-state index in [4.69, 9.17) is 15.4 Å². The van der Waals surface area contributed by atoms with Crippen LogP contribution in [0.4, 0.5) is 5.13 Å². The standard InChI is InChI=1S/C19H20N6O7S2/c1-31-23-11(10-7-34-19(20)21-10)14(26)22-12-16(28)25-13(18(29)30)9(6-33-17(12)25)5-8-3-4-24(32-2)15(8)27/h5,7,12,17H,3-4,6H2,1-2H3,(H2,20,21)(H,22,26)(H,29,30)/t12-,17-/m1/s1. The molecule has 13 nitrogen and oxygen atoms in total. The van der Waals surface area contributed by atoms with Crippen LogP contribution < -0.4 is 11.1 Å². The summed E-state index contributed by atoms with van der Waals surface area (Å²) in [6, 6.07) is -0.976. The molecule has 2 fully saturated rings. The van der Waals surface area contributed by atoms with E-state index >= 15 is 0 Å². The van der Waals surface area contributed by atoms with Gasteiger partial charge in [0.15, 0.2) is 10.8 Å². The van der Waals surface area contributed by atoms with E-state index in [1.807, 2.05) is 0 Å². The number of β-lactam (4-membered cyclic amide) rings is 1. The van der Waals surface area contributed by atoms with E-state index in [-0.39, 0.29) is 33.9 Å². The molecule has 3 amide bonds. The lowest BCUT2D eigenvalue weighted by Crippen LogP contribution is -2.71. The van der Waals surface area contributed by atoms with Gasteiger partial charge in [-0.15, -0.1) is 23.1 Å². The van der Waals surface area contributed by atoms with Crippen molar-refractivity contribution >= 4 is 57.6 Å². The number of carbonyl (C=O) groups is 4. The van der Waals surface area contributed by atoms with Crippen molar-refractivity contribution in [1.82, 2.24) is 20.3 Å². The first kappa shape index (κ1) is 23.7. The van der Waals surface area contributed by atoms with Crippen molar-refractivity contribution in [2.45, 2.75) is 17.8 Å². The number of aliphatic carboxylic acids is 1. The molecule has 0 aromatic carbocycles. The quantitative estimate of drug-likeness (QED) is 0.189. The molecular weight excluding hydrogens is 488 g/mol. The Labute approximate surface area is 201 Å². The van der Waals surface area contributed by atoms with Crippen molar-refractivity contribution in [1.29, 1.82) is 0 Å². The molecule has 4 rings (SSSR count). The largest absolute Gasteiger partial charge is 0.477 e. The smallest absolute Gasteiger partial charge is 0.352 e. The third-order valence-corrected chi connectivity index (χ3v) is 7.28. The Morgan fingerprint density at radius 3 is 2.74 bits per heavy atom. The Hall–Kier alpha value is -3.43. The normalized spacial score (nSPS) is 23.8. The second kappa shape index (κ2) is 9.44. The summed E-state index contributed by atoms with van der Waals surface area (Å²) in [5.41, 5.74) is 6.17. The second-order valence-electron chi connectivity index (χ2n) is 7.24. The van der Waals surface area contributed by atoms with Gasteiger partial charge in [-0.3, -0.25) is 24.1 Å². The molecule has 1 aromatic rings. The molecular formula is C19H20N6O7S2. The molecule has 1 aromatic heterocycles. The van der Waals surface area contributed by atoms with Crippen LogP contribution in [0.3, 0.4) is 0 Å². The lowest BCUT2D eigenvalue weighted by Gasteiger charge is -2.49. The number of carboxylic acids is 1. The van der Waals surface area contributed by atoms with Crippen LogP contribution in [0.1, 0.15) is 12.1 Å². The van der Waals surface area contributed by atoms with Crippen LogP contribution in [-0.2, 0) is 28.9 Å². The molecule has 0 spiro atoms. The lowest BCUT2D eigenvalue weighted by atomic mass is 10.0. The summed E-state index contributed by atoms with van der Waals surface area (Å²) in [6.07, 6.45) is 1.90. The van der Waals surface area contributed by atoms with E-state index < -0.39 is 29.2 Å². The first-order valence-electron chi connectivity index (χ1n) is 9.87. The average molecular weight is 509 g/mol. The molecule has 0 unspecified atom stereocenters. The van der Waals surface area contributed by atoms with Gasteiger partial charge in [0.2, 0.25) is 0 Å². The molecule has 2 saturated heterocycles. The number of nitrogens with two attached hydrogens (primary N) is 1. The average Bonchev–Trinajstić information content (AvgIpc) is 3.40. The number of thioether (sulfide) groups is 1. The molecule has 3 aliphatic heterocycles. The molecule has 0 radical (unpaired) electrons. The van der Waals surface area contributed by atoms with Crippen LogP contribution in [0.2, 0.25) is 0 Å². The van der Waals surface area contributed by atoms with Gasteiger partial charge < -0.3 is 21.0 Å². The number of carbonyl (C=O) groups excluding carboxylic acids is 3. The zero-order valence-electron chi connectivity index (χ0n) is 18.0. The van der Waals surface area contributed by atoms with E-state index in [2.05, 4.69) is 15.5 Å². The maximum atomic E-state index is 12.9. The van der Waals surface area contributed by atoms with Gasteiger partial charge in [0, 0.05) is 16.7 Å². The highest BCUT2D eigenvalue weighted by Gasteiger charge is 2.54. The summed E-state index contributed by atoms with van der Waals surface area (Å²) in [5, 5.41) is 18.4. The number of hydroxylamine groups is 2. The zero-order valence-corrected chi connectivity index (χ0v) is 19.6. The molecule has 180 valence electrons. The van der Waals surface area contributed by atoms with E-state index in [0.717, 1.165) is 16.2 Å². The predicted molar refractivity (Wildman–Crippen MR) is 121 cm³/mol. The SMILES string of the molecule is CON=C(C(=O)N[C@@H]1C(=O)N2C(C(=O)O)=C(C=C3CCN(OC)C3=O)CS[C@H]12)c1csc(N)n1. The van der Waals surface area contributed by atoms with Gasteiger partial charge in [0.1, 0.15) is 29.9 Å². The summed E-state index contributed by atoms with van der Waals surface area (Å²) in [6.45, 7) is 0.360.